The fourth-order valence-corrected chi connectivity index (χ4v) is 3.08. The molecule has 0 amide bonds. The molecule has 2 rings (SSSR count). The summed E-state index contributed by atoms with van der Waals surface area (Å²) in [5.74, 6) is -0.0269. The lowest BCUT2D eigenvalue weighted by Gasteiger charge is -2.09. The molecule has 1 aromatic heterocycles. The van der Waals surface area contributed by atoms with Crippen molar-refractivity contribution < 1.29 is 13.3 Å². The van der Waals surface area contributed by atoms with Gasteiger partial charge in [0.05, 0.1) is 9.82 Å². The second-order valence-corrected chi connectivity index (χ2v) is 6.03. The fourth-order valence-electron chi connectivity index (χ4n) is 1.67. The minimum atomic E-state index is -4.02. The second-order valence-electron chi connectivity index (χ2n) is 3.99. The summed E-state index contributed by atoms with van der Waals surface area (Å²) in [6, 6.07) is 5.03. The highest BCUT2D eigenvalue weighted by atomic mass is 35.5. The molecular weight excluding hydrogens is 320 g/mol. The van der Waals surface area contributed by atoms with E-state index in [1.54, 1.807) is 0 Å². The summed E-state index contributed by atoms with van der Waals surface area (Å²) in [6.07, 6.45) is 1.10. The predicted molar refractivity (Wildman–Crippen MR) is 75.7 cm³/mol. The van der Waals surface area contributed by atoms with Crippen molar-refractivity contribution in [2.75, 3.05) is 4.72 Å². The highest BCUT2D eigenvalue weighted by molar-refractivity contribution is 7.92. The molecule has 1 aromatic carbocycles. The van der Waals surface area contributed by atoms with Crippen LogP contribution in [0.25, 0.3) is 0 Å². The van der Waals surface area contributed by atoms with E-state index in [2.05, 4.69) is 14.7 Å². The largest absolute Gasteiger partial charge is 0.273 e. The first-order valence-corrected chi connectivity index (χ1v) is 7.42. The van der Waals surface area contributed by atoms with Crippen LogP contribution in [0.5, 0.6) is 0 Å². The molecule has 0 saturated carbocycles. The minimum Gasteiger partial charge on any atom is -0.263 e. The molecule has 1 N–H and O–H groups in total. The molecule has 10 heteroatoms. The lowest BCUT2D eigenvalue weighted by Crippen LogP contribution is -2.15. The van der Waals surface area contributed by atoms with Crippen molar-refractivity contribution in [2.24, 2.45) is 0 Å². The van der Waals surface area contributed by atoms with Gasteiger partial charge in [0.15, 0.2) is 0 Å². The Morgan fingerprint density at radius 3 is 2.67 bits per heavy atom. The molecule has 0 radical (unpaired) electrons. The molecule has 0 aliphatic heterocycles. The number of nitrogens with one attached hydrogen (secondary N) is 1. The number of sulfonamides is 1. The van der Waals surface area contributed by atoms with Crippen LogP contribution in [-0.2, 0) is 10.0 Å². The van der Waals surface area contributed by atoms with Crippen LogP contribution in [0.1, 0.15) is 5.56 Å². The van der Waals surface area contributed by atoms with Crippen LogP contribution >= 0.6 is 11.6 Å². The number of hydrogen-bond acceptors (Lipinski definition) is 6. The number of nitrogens with zero attached hydrogens (tertiary/aromatic N) is 3. The maximum Gasteiger partial charge on any atom is 0.273 e. The normalized spacial score (nSPS) is 11.1. The highest BCUT2D eigenvalue weighted by Gasteiger charge is 2.23. The molecule has 0 atom stereocenters. The van der Waals surface area contributed by atoms with Gasteiger partial charge in [-0.05, 0) is 13.0 Å². The molecular formula is C11H9ClN4O4S. The van der Waals surface area contributed by atoms with E-state index in [-0.39, 0.29) is 27.1 Å². The minimum absolute atomic E-state index is 0.0269. The van der Waals surface area contributed by atoms with Gasteiger partial charge in [0.1, 0.15) is 17.3 Å². The van der Waals surface area contributed by atoms with Gasteiger partial charge < -0.3 is 0 Å². The van der Waals surface area contributed by atoms with Crippen molar-refractivity contribution >= 4 is 33.1 Å². The lowest BCUT2D eigenvalue weighted by molar-refractivity contribution is -0.385. The third kappa shape index (κ3) is 3.26. The Morgan fingerprint density at radius 1 is 1.33 bits per heavy atom. The molecule has 0 fully saturated rings. The van der Waals surface area contributed by atoms with Crippen LogP contribution in [0.4, 0.5) is 11.5 Å². The number of hydrogen-bond donors (Lipinski definition) is 1. The number of benzene rings is 1. The third-order valence-corrected chi connectivity index (χ3v) is 4.32. The SMILES string of the molecule is Cc1c([N+](=O)[O-])cccc1S(=O)(=O)Nc1cc(Cl)ncn1. The van der Waals surface area contributed by atoms with Gasteiger partial charge in [0.25, 0.3) is 15.7 Å². The van der Waals surface area contributed by atoms with Crippen molar-refractivity contribution in [3.63, 3.8) is 0 Å². The molecule has 0 aliphatic rings. The standard InChI is InChI=1S/C11H9ClN4O4S/c1-7-8(16(17)18)3-2-4-9(7)21(19,20)15-11-5-10(12)13-6-14-11/h2-6H,1H3,(H,13,14,15). The van der Waals surface area contributed by atoms with E-state index in [9.17, 15) is 18.5 Å². The van der Waals surface area contributed by atoms with Crippen LogP contribution in [0.15, 0.2) is 35.5 Å². The average Bonchev–Trinajstić information content (AvgIpc) is 2.37. The average molecular weight is 329 g/mol. The number of aromatic nitrogens is 2. The van der Waals surface area contributed by atoms with E-state index in [1.165, 1.54) is 31.2 Å². The zero-order chi connectivity index (χ0) is 15.6. The van der Waals surface area contributed by atoms with Crippen molar-refractivity contribution in [3.8, 4) is 0 Å². The van der Waals surface area contributed by atoms with Crippen LogP contribution in [0, 0.1) is 17.0 Å². The number of anilines is 1. The summed E-state index contributed by atoms with van der Waals surface area (Å²) in [5, 5.41) is 10.9. The van der Waals surface area contributed by atoms with E-state index in [0.29, 0.717) is 0 Å². The van der Waals surface area contributed by atoms with Gasteiger partial charge in [0.2, 0.25) is 0 Å². The summed E-state index contributed by atoms with van der Waals surface area (Å²) < 4.78 is 26.7. The molecule has 110 valence electrons. The van der Waals surface area contributed by atoms with Crippen molar-refractivity contribution in [2.45, 2.75) is 11.8 Å². The van der Waals surface area contributed by atoms with Gasteiger partial charge in [-0.2, -0.15) is 0 Å². The smallest absolute Gasteiger partial charge is 0.263 e. The third-order valence-electron chi connectivity index (χ3n) is 2.61. The summed E-state index contributed by atoms with van der Waals surface area (Å²) in [4.78, 5) is 17.4. The highest BCUT2D eigenvalue weighted by Crippen LogP contribution is 2.26. The van der Waals surface area contributed by atoms with E-state index >= 15 is 0 Å². The fraction of sp³-hybridized carbons (Fsp3) is 0.0909. The van der Waals surface area contributed by atoms with Crippen LogP contribution in [0.3, 0.4) is 0 Å². The van der Waals surface area contributed by atoms with Crippen LogP contribution in [-0.4, -0.2) is 23.3 Å². The lowest BCUT2D eigenvalue weighted by atomic mass is 10.2. The Bertz CT molecular complexity index is 810. The summed E-state index contributed by atoms with van der Waals surface area (Å²) in [7, 11) is -4.02. The maximum atomic E-state index is 12.3. The summed E-state index contributed by atoms with van der Waals surface area (Å²) >= 11 is 5.64. The van der Waals surface area contributed by atoms with Gasteiger partial charge in [-0.15, -0.1) is 0 Å². The summed E-state index contributed by atoms with van der Waals surface area (Å²) in [6.45, 7) is 1.36. The zero-order valence-electron chi connectivity index (χ0n) is 10.6. The van der Waals surface area contributed by atoms with Gasteiger partial charge in [-0.3, -0.25) is 14.8 Å². The van der Waals surface area contributed by atoms with E-state index in [0.717, 1.165) is 6.33 Å². The summed E-state index contributed by atoms with van der Waals surface area (Å²) in [5.41, 5.74) is -0.242. The van der Waals surface area contributed by atoms with Crippen molar-refractivity contribution in [3.05, 3.63) is 51.4 Å². The molecule has 0 saturated heterocycles. The van der Waals surface area contributed by atoms with Gasteiger partial charge in [-0.1, -0.05) is 17.7 Å². The van der Waals surface area contributed by atoms with Gasteiger partial charge >= 0.3 is 0 Å². The Kier molecular flexibility index (Phi) is 4.05. The second kappa shape index (κ2) is 5.62. The first kappa shape index (κ1) is 15.1. The molecule has 0 unspecified atom stereocenters. The van der Waals surface area contributed by atoms with Gasteiger partial charge in [-0.25, -0.2) is 18.4 Å². The Morgan fingerprint density at radius 2 is 2.05 bits per heavy atom. The number of halogens is 1. The Hall–Kier alpha value is -2.26. The zero-order valence-corrected chi connectivity index (χ0v) is 12.2. The predicted octanol–water partition coefficient (Wildman–Crippen LogP) is 2.15. The molecule has 2 aromatic rings. The van der Waals surface area contributed by atoms with Crippen molar-refractivity contribution in [1.29, 1.82) is 0 Å². The first-order valence-electron chi connectivity index (χ1n) is 5.55. The number of rotatable bonds is 4. The van der Waals surface area contributed by atoms with E-state index in [1.807, 2.05) is 0 Å². The van der Waals surface area contributed by atoms with E-state index in [4.69, 9.17) is 11.6 Å². The van der Waals surface area contributed by atoms with Gasteiger partial charge in [0, 0.05) is 17.7 Å². The molecule has 21 heavy (non-hydrogen) atoms. The molecule has 8 nitrogen and oxygen atoms in total. The number of nitro benzene ring substituents is 1. The maximum absolute atomic E-state index is 12.3. The molecule has 0 aliphatic carbocycles. The Balaban J connectivity index is 2.45. The topological polar surface area (TPSA) is 115 Å². The molecule has 1 heterocycles. The van der Waals surface area contributed by atoms with Crippen LogP contribution < -0.4 is 4.72 Å². The molecule has 0 bridgehead atoms. The Labute approximate surface area is 125 Å². The van der Waals surface area contributed by atoms with E-state index < -0.39 is 14.9 Å². The quantitative estimate of drug-likeness (QED) is 0.522. The van der Waals surface area contributed by atoms with Crippen LogP contribution in [0.2, 0.25) is 5.15 Å². The molecule has 0 spiro atoms. The first-order chi connectivity index (χ1) is 9.81. The monoisotopic (exact) mass is 328 g/mol. The van der Waals surface area contributed by atoms with Crippen molar-refractivity contribution in [1.82, 2.24) is 9.97 Å². The number of nitro groups is 1.